The van der Waals surface area contributed by atoms with Crippen molar-refractivity contribution in [2.45, 2.75) is 19.3 Å². The summed E-state index contributed by atoms with van der Waals surface area (Å²) in [7, 11) is 0. The first-order chi connectivity index (χ1) is 9.66. The summed E-state index contributed by atoms with van der Waals surface area (Å²) in [6.45, 7) is 2.13. The third-order valence-corrected chi connectivity index (χ3v) is 3.58. The smallest absolute Gasteiger partial charge is 0.319 e. The molecule has 0 radical (unpaired) electrons. The van der Waals surface area contributed by atoms with Gasteiger partial charge in [-0.05, 0) is 37.3 Å². The number of carbonyl (C=O) groups excluding carboxylic acids is 1. The van der Waals surface area contributed by atoms with E-state index in [1.54, 1.807) is 6.07 Å². The molecule has 4 nitrogen and oxygen atoms in total. The molecule has 1 heterocycles. The van der Waals surface area contributed by atoms with Crippen molar-refractivity contribution in [2.24, 2.45) is 5.92 Å². The average Bonchev–Trinajstić information content (AvgIpc) is 2.45. The molecule has 0 saturated carbocycles. The second-order valence-corrected chi connectivity index (χ2v) is 5.26. The van der Waals surface area contributed by atoms with Crippen LogP contribution in [-0.4, -0.2) is 25.8 Å². The zero-order valence-corrected chi connectivity index (χ0v) is 11.9. The molecule has 2 amide bonds. The van der Waals surface area contributed by atoms with Crippen molar-refractivity contribution in [3.05, 3.63) is 29.0 Å². The largest absolute Gasteiger partial charge is 0.381 e. The van der Waals surface area contributed by atoms with Crippen molar-refractivity contribution in [1.29, 1.82) is 0 Å². The first kappa shape index (κ1) is 15.1. The van der Waals surface area contributed by atoms with Crippen molar-refractivity contribution in [1.82, 2.24) is 5.32 Å². The maximum Gasteiger partial charge on any atom is 0.319 e. The Labute approximate surface area is 122 Å². The Morgan fingerprint density at radius 2 is 2.35 bits per heavy atom. The zero-order chi connectivity index (χ0) is 14.4. The van der Waals surface area contributed by atoms with Crippen LogP contribution < -0.4 is 10.6 Å². The Hall–Kier alpha value is -1.33. The van der Waals surface area contributed by atoms with Gasteiger partial charge in [0.15, 0.2) is 5.82 Å². The molecule has 1 aliphatic heterocycles. The van der Waals surface area contributed by atoms with Gasteiger partial charge in [0.1, 0.15) is 0 Å². The molecule has 6 heteroatoms. The highest BCUT2D eigenvalue weighted by Crippen LogP contribution is 2.21. The zero-order valence-electron chi connectivity index (χ0n) is 11.1. The molecule has 1 fully saturated rings. The van der Waals surface area contributed by atoms with E-state index in [-0.39, 0.29) is 10.7 Å². The molecule has 2 N–H and O–H groups in total. The number of halogens is 2. The molecular weight excluding hydrogens is 283 g/mol. The number of hydrogen-bond donors (Lipinski definition) is 2. The maximum atomic E-state index is 13.6. The maximum absolute atomic E-state index is 13.6. The van der Waals surface area contributed by atoms with E-state index in [1.165, 1.54) is 12.1 Å². The molecule has 1 atom stereocenters. The third kappa shape index (κ3) is 4.35. The standard InChI is InChI=1S/C14H18ClFN2O2/c15-11-4-1-5-12(13(11)16)18-14(19)17-7-6-10-3-2-8-20-9-10/h1,4-5,10H,2-3,6-9H2,(H2,17,18,19). The van der Waals surface area contributed by atoms with E-state index >= 15 is 0 Å². The van der Waals surface area contributed by atoms with Crippen molar-refractivity contribution >= 4 is 23.3 Å². The minimum Gasteiger partial charge on any atom is -0.381 e. The summed E-state index contributed by atoms with van der Waals surface area (Å²) in [6, 6.07) is 4.06. The Morgan fingerprint density at radius 3 is 3.10 bits per heavy atom. The minimum atomic E-state index is -0.620. The number of urea groups is 1. The van der Waals surface area contributed by atoms with Crippen molar-refractivity contribution in [3.8, 4) is 0 Å². The SMILES string of the molecule is O=C(NCCC1CCCOC1)Nc1cccc(Cl)c1F. The fraction of sp³-hybridized carbons (Fsp3) is 0.500. The molecule has 1 aliphatic rings. The molecule has 0 bridgehead atoms. The summed E-state index contributed by atoms with van der Waals surface area (Å²) in [5.41, 5.74) is 0.0796. The predicted molar refractivity (Wildman–Crippen MR) is 76.6 cm³/mol. The van der Waals surface area contributed by atoms with Gasteiger partial charge in [-0.15, -0.1) is 0 Å². The summed E-state index contributed by atoms with van der Waals surface area (Å²) in [4.78, 5) is 11.7. The van der Waals surface area contributed by atoms with Crippen molar-refractivity contribution in [3.63, 3.8) is 0 Å². The van der Waals surface area contributed by atoms with Gasteiger partial charge >= 0.3 is 6.03 Å². The summed E-state index contributed by atoms with van der Waals surface area (Å²) in [5.74, 6) is -0.128. The number of anilines is 1. The molecule has 1 aromatic rings. The van der Waals surface area contributed by atoms with Crippen LogP contribution in [0.4, 0.5) is 14.9 Å². The van der Waals surface area contributed by atoms with Crippen LogP contribution >= 0.6 is 11.6 Å². The minimum absolute atomic E-state index is 0.0119. The lowest BCUT2D eigenvalue weighted by atomic mass is 9.99. The second-order valence-electron chi connectivity index (χ2n) is 4.85. The van der Waals surface area contributed by atoms with Crippen LogP contribution in [-0.2, 0) is 4.74 Å². The molecule has 0 aliphatic carbocycles. The predicted octanol–water partition coefficient (Wildman–Crippen LogP) is 3.42. The molecule has 0 aromatic heterocycles. The average molecular weight is 301 g/mol. The van der Waals surface area contributed by atoms with Gasteiger partial charge in [-0.2, -0.15) is 0 Å². The van der Waals surface area contributed by atoms with Gasteiger partial charge < -0.3 is 15.4 Å². The molecule has 2 rings (SSSR count). The first-order valence-electron chi connectivity index (χ1n) is 6.73. The molecule has 20 heavy (non-hydrogen) atoms. The molecular formula is C14H18ClFN2O2. The highest BCUT2D eigenvalue weighted by molar-refractivity contribution is 6.31. The topological polar surface area (TPSA) is 50.4 Å². The van der Waals surface area contributed by atoms with Crippen molar-refractivity contribution in [2.75, 3.05) is 25.1 Å². The fourth-order valence-corrected chi connectivity index (χ4v) is 2.37. The molecule has 0 spiro atoms. The number of rotatable bonds is 4. The van der Waals surface area contributed by atoms with Crippen LogP contribution in [0.15, 0.2) is 18.2 Å². The van der Waals surface area contributed by atoms with E-state index in [2.05, 4.69) is 10.6 Å². The molecule has 1 aromatic carbocycles. The van der Waals surface area contributed by atoms with Crippen molar-refractivity contribution < 1.29 is 13.9 Å². The normalized spacial score (nSPS) is 18.6. The highest BCUT2D eigenvalue weighted by atomic mass is 35.5. The Kier molecular flexibility index (Phi) is 5.61. The van der Waals surface area contributed by atoms with Crippen LogP contribution in [0, 0.1) is 11.7 Å². The van der Waals surface area contributed by atoms with E-state index in [1.807, 2.05) is 0 Å². The Morgan fingerprint density at radius 1 is 1.50 bits per heavy atom. The van der Waals surface area contributed by atoms with Crippen LogP contribution in [0.3, 0.4) is 0 Å². The number of carbonyl (C=O) groups is 1. The number of amides is 2. The fourth-order valence-electron chi connectivity index (χ4n) is 2.19. The summed E-state index contributed by atoms with van der Waals surface area (Å²) >= 11 is 5.64. The van der Waals surface area contributed by atoms with Gasteiger partial charge in [0, 0.05) is 19.8 Å². The molecule has 110 valence electrons. The number of hydrogen-bond acceptors (Lipinski definition) is 2. The van der Waals surface area contributed by atoms with Gasteiger partial charge in [0.25, 0.3) is 0 Å². The van der Waals surface area contributed by atoms with E-state index < -0.39 is 11.8 Å². The van der Waals surface area contributed by atoms with E-state index in [0.29, 0.717) is 12.5 Å². The van der Waals surface area contributed by atoms with Crippen LogP contribution in [0.25, 0.3) is 0 Å². The number of ether oxygens (including phenoxy) is 1. The van der Waals surface area contributed by atoms with E-state index in [0.717, 1.165) is 32.5 Å². The van der Waals surface area contributed by atoms with E-state index in [4.69, 9.17) is 16.3 Å². The van der Waals surface area contributed by atoms with Gasteiger partial charge in [0.05, 0.1) is 10.7 Å². The lowest BCUT2D eigenvalue weighted by molar-refractivity contribution is 0.0520. The van der Waals surface area contributed by atoms with E-state index in [9.17, 15) is 9.18 Å². The summed E-state index contributed by atoms with van der Waals surface area (Å²) in [6.07, 6.45) is 3.07. The molecule has 1 saturated heterocycles. The lowest BCUT2D eigenvalue weighted by Crippen LogP contribution is -2.32. The quantitative estimate of drug-likeness (QED) is 0.895. The highest BCUT2D eigenvalue weighted by Gasteiger charge is 2.14. The van der Waals surface area contributed by atoms with Gasteiger partial charge in [-0.3, -0.25) is 0 Å². The second kappa shape index (κ2) is 7.45. The van der Waals surface area contributed by atoms with Crippen LogP contribution in [0.2, 0.25) is 5.02 Å². The first-order valence-corrected chi connectivity index (χ1v) is 7.11. The Balaban J connectivity index is 1.73. The summed E-state index contributed by atoms with van der Waals surface area (Å²) in [5, 5.41) is 5.15. The van der Waals surface area contributed by atoms with Gasteiger partial charge in [-0.1, -0.05) is 17.7 Å². The van der Waals surface area contributed by atoms with Crippen LogP contribution in [0.5, 0.6) is 0 Å². The molecule has 1 unspecified atom stereocenters. The Bertz CT molecular complexity index is 464. The van der Waals surface area contributed by atoms with Gasteiger partial charge in [0.2, 0.25) is 0 Å². The third-order valence-electron chi connectivity index (χ3n) is 3.29. The number of benzene rings is 1. The van der Waals surface area contributed by atoms with Gasteiger partial charge in [-0.25, -0.2) is 9.18 Å². The van der Waals surface area contributed by atoms with Crippen LogP contribution in [0.1, 0.15) is 19.3 Å². The lowest BCUT2D eigenvalue weighted by Gasteiger charge is -2.21. The monoisotopic (exact) mass is 300 g/mol. The number of nitrogens with one attached hydrogen (secondary N) is 2. The summed E-state index contributed by atoms with van der Waals surface area (Å²) < 4.78 is 19.0.